The minimum atomic E-state index is -0.175. The van der Waals surface area contributed by atoms with Gasteiger partial charge in [0.25, 0.3) is 5.91 Å². The number of halogens is 1. The topological polar surface area (TPSA) is 56.8 Å². The Balaban J connectivity index is 1.58. The number of hydrogen-bond acceptors (Lipinski definition) is 4. The van der Waals surface area contributed by atoms with Crippen LogP contribution in [0.5, 0.6) is 17.2 Å². The van der Waals surface area contributed by atoms with E-state index in [2.05, 4.69) is 21.2 Å². The van der Waals surface area contributed by atoms with Gasteiger partial charge in [0.05, 0.1) is 6.04 Å². The highest BCUT2D eigenvalue weighted by Gasteiger charge is 2.16. The Morgan fingerprint density at radius 3 is 2.50 bits per heavy atom. The summed E-state index contributed by atoms with van der Waals surface area (Å²) in [6.45, 7) is 6.98. The maximum absolute atomic E-state index is 12.2. The third kappa shape index (κ3) is 4.30. The minimum Gasteiger partial charge on any atom is -0.486 e. The number of amides is 1. The van der Waals surface area contributed by atoms with Crippen molar-refractivity contribution in [1.29, 1.82) is 0 Å². The molecule has 138 valence electrons. The van der Waals surface area contributed by atoms with Gasteiger partial charge in [-0.3, -0.25) is 4.79 Å². The molecule has 2 aromatic carbocycles. The van der Waals surface area contributed by atoms with E-state index in [-0.39, 0.29) is 18.6 Å². The van der Waals surface area contributed by atoms with Gasteiger partial charge in [0.2, 0.25) is 0 Å². The number of fused-ring (bicyclic) bond motifs is 1. The number of benzene rings is 2. The molecule has 1 aliphatic heterocycles. The van der Waals surface area contributed by atoms with Crippen molar-refractivity contribution < 1.29 is 19.0 Å². The molecule has 1 amide bonds. The van der Waals surface area contributed by atoms with Gasteiger partial charge in [-0.05, 0) is 61.7 Å². The molecule has 5 nitrogen and oxygen atoms in total. The van der Waals surface area contributed by atoms with E-state index in [9.17, 15) is 4.79 Å². The van der Waals surface area contributed by atoms with Crippen LogP contribution in [0.4, 0.5) is 0 Å². The summed E-state index contributed by atoms with van der Waals surface area (Å²) in [7, 11) is 0. The van der Waals surface area contributed by atoms with E-state index in [0.29, 0.717) is 24.7 Å². The third-order valence-corrected chi connectivity index (χ3v) is 5.47. The summed E-state index contributed by atoms with van der Waals surface area (Å²) >= 11 is 3.52. The quantitative estimate of drug-likeness (QED) is 0.792. The van der Waals surface area contributed by atoms with Crippen LogP contribution >= 0.6 is 15.9 Å². The van der Waals surface area contributed by atoms with Gasteiger partial charge in [0, 0.05) is 4.47 Å². The first-order valence-electron chi connectivity index (χ1n) is 8.52. The molecule has 0 spiro atoms. The molecule has 0 unspecified atom stereocenters. The largest absolute Gasteiger partial charge is 0.486 e. The predicted octanol–water partition coefficient (Wildman–Crippen LogP) is 4.09. The van der Waals surface area contributed by atoms with E-state index in [1.165, 1.54) is 0 Å². The standard InChI is InChI=1S/C20H22BrNO4/c1-12-8-16(9-13(2)20(12)21)26-11-19(23)22-14(3)15-4-5-17-18(10-15)25-7-6-24-17/h4-5,8-10,14H,6-7,11H2,1-3H3,(H,22,23)/t14-/m0/s1. The van der Waals surface area contributed by atoms with Crippen molar-refractivity contribution in [3.8, 4) is 17.2 Å². The van der Waals surface area contributed by atoms with Crippen molar-refractivity contribution >= 4 is 21.8 Å². The summed E-state index contributed by atoms with van der Waals surface area (Å²) in [5.74, 6) is 1.96. The van der Waals surface area contributed by atoms with Crippen LogP contribution in [0, 0.1) is 13.8 Å². The van der Waals surface area contributed by atoms with Crippen molar-refractivity contribution in [2.24, 2.45) is 0 Å². The highest BCUT2D eigenvalue weighted by Crippen LogP contribution is 2.32. The number of ether oxygens (including phenoxy) is 3. The number of carbonyl (C=O) groups excluding carboxylic acids is 1. The van der Waals surface area contributed by atoms with E-state index >= 15 is 0 Å². The first kappa shape index (κ1) is 18.6. The smallest absolute Gasteiger partial charge is 0.258 e. The van der Waals surface area contributed by atoms with E-state index in [1.807, 2.05) is 51.1 Å². The van der Waals surface area contributed by atoms with Crippen LogP contribution in [0.25, 0.3) is 0 Å². The minimum absolute atomic E-state index is 0.0323. The Kier molecular flexibility index (Phi) is 5.71. The highest BCUT2D eigenvalue weighted by atomic mass is 79.9. The Hall–Kier alpha value is -2.21. The molecule has 1 atom stereocenters. The molecule has 1 N–H and O–H groups in total. The molecule has 0 saturated carbocycles. The second kappa shape index (κ2) is 7.99. The monoisotopic (exact) mass is 419 g/mol. The Bertz CT molecular complexity index is 798. The zero-order chi connectivity index (χ0) is 18.7. The van der Waals surface area contributed by atoms with E-state index in [1.54, 1.807) is 0 Å². The summed E-state index contributed by atoms with van der Waals surface area (Å²) in [6.07, 6.45) is 0. The van der Waals surface area contributed by atoms with Crippen LogP contribution in [-0.4, -0.2) is 25.7 Å². The lowest BCUT2D eigenvalue weighted by molar-refractivity contribution is -0.123. The Morgan fingerprint density at radius 2 is 1.81 bits per heavy atom. The van der Waals surface area contributed by atoms with Crippen LogP contribution in [-0.2, 0) is 4.79 Å². The second-order valence-electron chi connectivity index (χ2n) is 6.35. The first-order chi connectivity index (χ1) is 12.4. The lowest BCUT2D eigenvalue weighted by Crippen LogP contribution is -2.31. The molecule has 0 fully saturated rings. The summed E-state index contributed by atoms with van der Waals surface area (Å²) in [5, 5.41) is 2.94. The number of hydrogen-bond donors (Lipinski definition) is 1. The number of nitrogens with one attached hydrogen (secondary N) is 1. The lowest BCUT2D eigenvalue weighted by Gasteiger charge is -2.21. The molecule has 1 aliphatic rings. The van der Waals surface area contributed by atoms with Gasteiger partial charge in [0.15, 0.2) is 18.1 Å². The van der Waals surface area contributed by atoms with Crippen molar-refractivity contribution in [3.63, 3.8) is 0 Å². The van der Waals surface area contributed by atoms with Gasteiger partial charge in [0.1, 0.15) is 19.0 Å². The normalized spacial score (nSPS) is 13.8. The van der Waals surface area contributed by atoms with Crippen LogP contribution in [0.2, 0.25) is 0 Å². The fourth-order valence-corrected chi connectivity index (χ4v) is 3.06. The molecule has 2 aromatic rings. The van der Waals surface area contributed by atoms with Gasteiger partial charge in [-0.2, -0.15) is 0 Å². The van der Waals surface area contributed by atoms with Crippen LogP contribution in [0.1, 0.15) is 29.7 Å². The van der Waals surface area contributed by atoms with E-state index < -0.39 is 0 Å². The summed E-state index contributed by atoms with van der Waals surface area (Å²) in [6, 6.07) is 9.37. The number of carbonyl (C=O) groups is 1. The molecule has 0 aliphatic carbocycles. The summed E-state index contributed by atoms with van der Waals surface area (Å²) in [5.41, 5.74) is 3.10. The average molecular weight is 420 g/mol. The Morgan fingerprint density at radius 1 is 1.15 bits per heavy atom. The van der Waals surface area contributed by atoms with Crippen LogP contribution < -0.4 is 19.5 Å². The molecule has 6 heteroatoms. The zero-order valence-corrected chi connectivity index (χ0v) is 16.7. The second-order valence-corrected chi connectivity index (χ2v) is 7.15. The highest BCUT2D eigenvalue weighted by molar-refractivity contribution is 9.10. The SMILES string of the molecule is Cc1cc(OCC(=O)N[C@@H](C)c2ccc3c(c2)OCCO3)cc(C)c1Br. The third-order valence-electron chi connectivity index (χ3n) is 4.22. The van der Waals surface area contributed by atoms with Crippen LogP contribution in [0.3, 0.4) is 0 Å². The molecular formula is C20H22BrNO4. The van der Waals surface area contributed by atoms with E-state index in [4.69, 9.17) is 14.2 Å². The fourth-order valence-electron chi connectivity index (χ4n) is 2.83. The number of rotatable bonds is 5. The number of aryl methyl sites for hydroxylation is 2. The Labute approximate surface area is 161 Å². The van der Waals surface area contributed by atoms with Gasteiger partial charge in [-0.15, -0.1) is 0 Å². The van der Waals surface area contributed by atoms with Crippen molar-refractivity contribution in [1.82, 2.24) is 5.32 Å². The summed E-state index contributed by atoms with van der Waals surface area (Å²) < 4.78 is 17.8. The van der Waals surface area contributed by atoms with Gasteiger partial charge >= 0.3 is 0 Å². The molecule has 3 rings (SSSR count). The first-order valence-corrected chi connectivity index (χ1v) is 9.32. The molecule has 0 radical (unpaired) electrons. The molecule has 26 heavy (non-hydrogen) atoms. The molecule has 1 heterocycles. The fraction of sp³-hybridized carbons (Fsp3) is 0.350. The van der Waals surface area contributed by atoms with Crippen LogP contribution in [0.15, 0.2) is 34.8 Å². The lowest BCUT2D eigenvalue weighted by atomic mass is 10.1. The van der Waals surface area contributed by atoms with Gasteiger partial charge in [-0.25, -0.2) is 0 Å². The molecule has 0 bridgehead atoms. The molecular weight excluding hydrogens is 398 g/mol. The van der Waals surface area contributed by atoms with Gasteiger partial charge < -0.3 is 19.5 Å². The van der Waals surface area contributed by atoms with Gasteiger partial charge in [-0.1, -0.05) is 22.0 Å². The molecule has 0 saturated heterocycles. The maximum Gasteiger partial charge on any atom is 0.258 e. The zero-order valence-electron chi connectivity index (χ0n) is 15.1. The van der Waals surface area contributed by atoms with Crippen molar-refractivity contribution in [2.45, 2.75) is 26.8 Å². The summed E-state index contributed by atoms with van der Waals surface area (Å²) in [4.78, 5) is 12.2. The maximum atomic E-state index is 12.2. The van der Waals surface area contributed by atoms with Crippen molar-refractivity contribution in [3.05, 3.63) is 51.5 Å². The van der Waals surface area contributed by atoms with E-state index in [0.717, 1.165) is 26.9 Å². The van der Waals surface area contributed by atoms with Crippen molar-refractivity contribution in [2.75, 3.05) is 19.8 Å². The average Bonchev–Trinajstić information content (AvgIpc) is 2.63. The predicted molar refractivity (Wildman–Crippen MR) is 103 cm³/mol. The molecule has 0 aromatic heterocycles.